The fourth-order valence-electron chi connectivity index (χ4n) is 3.16. The summed E-state index contributed by atoms with van der Waals surface area (Å²) in [6.45, 7) is 4.12. The molecule has 0 aromatic rings. The maximum atomic E-state index is 11.9. The third-order valence-corrected chi connectivity index (χ3v) is 4.36. The summed E-state index contributed by atoms with van der Waals surface area (Å²) in [5.74, 6) is 0.239. The largest absolute Gasteiger partial charge is 0.352 e. The summed E-state index contributed by atoms with van der Waals surface area (Å²) in [5.41, 5.74) is 5.45. The molecule has 110 valence electrons. The Morgan fingerprint density at radius 1 is 1.26 bits per heavy atom. The number of carbonyl (C=O) groups is 1. The van der Waals surface area contributed by atoms with Crippen LogP contribution in [0.4, 0.5) is 0 Å². The van der Waals surface area contributed by atoms with Gasteiger partial charge in [0.1, 0.15) is 0 Å². The number of amides is 1. The molecule has 0 bridgehead atoms. The van der Waals surface area contributed by atoms with Gasteiger partial charge in [-0.2, -0.15) is 0 Å². The van der Waals surface area contributed by atoms with Gasteiger partial charge < -0.3 is 11.1 Å². The van der Waals surface area contributed by atoms with Crippen LogP contribution in [-0.2, 0) is 4.79 Å². The standard InChI is InChI=1S/C15H29N3O/c1-12-10-13(11-18(12)14-7-8-14)17-15(19)6-4-2-3-5-9-16/h12-14H,2-11,16H2,1H3,(H,17,19). The van der Waals surface area contributed by atoms with Crippen LogP contribution >= 0.6 is 0 Å². The van der Waals surface area contributed by atoms with E-state index in [1.165, 1.54) is 12.8 Å². The van der Waals surface area contributed by atoms with Crippen LogP contribution in [0.5, 0.6) is 0 Å². The molecule has 1 saturated carbocycles. The van der Waals surface area contributed by atoms with E-state index in [1.807, 2.05) is 0 Å². The van der Waals surface area contributed by atoms with Gasteiger partial charge in [0.25, 0.3) is 0 Å². The van der Waals surface area contributed by atoms with Crippen molar-refractivity contribution in [2.75, 3.05) is 13.1 Å². The molecule has 2 fully saturated rings. The highest BCUT2D eigenvalue weighted by Gasteiger charge is 2.38. The van der Waals surface area contributed by atoms with E-state index in [-0.39, 0.29) is 5.91 Å². The zero-order valence-electron chi connectivity index (χ0n) is 12.2. The molecular formula is C15H29N3O. The van der Waals surface area contributed by atoms with Gasteiger partial charge in [-0.25, -0.2) is 0 Å². The third-order valence-electron chi connectivity index (χ3n) is 4.36. The van der Waals surface area contributed by atoms with Gasteiger partial charge in [-0.1, -0.05) is 12.8 Å². The molecule has 0 radical (unpaired) electrons. The van der Waals surface area contributed by atoms with Crippen molar-refractivity contribution in [3.63, 3.8) is 0 Å². The topological polar surface area (TPSA) is 58.4 Å². The molecule has 0 aromatic carbocycles. The first kappa shape index (κ1) is 14.8. The van der Waals surface area contributed by atoms with E-state index >= 15 is 0 Å². The third kappa shape index (κ3) is 4.77. The second kappa shape index (κ2) is 7.25. The highest BCUT2D eigenvalue weighted by atomic mass is 16.1. The quantitative estimate of drug-likeness (QED) is 0.657. The van der Waals surface area contributed by atoms with Crippen molar-refractivity contribution >= 4 is 5.91 Å². The number of nitrogens with zero attached hydrogens (tertiary/aromatic N) is 1. The molecule has 4 nitrogen and oxygen atoms in total. The lowest BCUT2D eigenvalue weighted by atomic mass is 10.1. The van der Waals surface area contributed by atoms with Crippen molar-refractivity contribution < 1.29 is 4.79 Å². The fourth-order valence-corrected chi connectivity index (χ4v) is 3.16. The van der Waals surface area contributed by atoms with E-state index in [1.54, 1.807) is 0 Å². The van der Waals surface area contributed by atoms with Gasteiger partial charge in [0.05, 0.1) is 0 Å². The first-order valence-electron chi connectivity index (χ1n) is 7.96. The van der Waals surface area contributed by atoms with E-state index in [0.717, 1.165) is 51.2 Å². The summed E-state index contributed by atoms with van der Waals surface area (Å²) >= 11 is 0. The zero-order valence-corrected chi connectivity index (χ0v) is 12.2. The van der Waals surface area contributed by atoms with Crippen LogP contribution in [0.1, 0.15) is 58.3 Å². The summed E-state index contributed by atoms with van der Waals surface area (Å²) < 4.78 is 0. The highest BCUT2D eigenvalue weighted by molar-refractivity contribution is 5.76. The summed E-state index contributed by atoms with van der Waals surface area (Å²) in [6, 6.07) is 1.84. The molecule has 1 amide bonds. The Labute approximate surface area is 117 Å². The summed E-state index contributed by atoms with van der Waals surface area (Å²) in [6.07, 6.45) is 8.87. The Balaban J connectivity index is 1.58. The average molecular weight is 267 g/mol. The number of unbranched alkanes of at least 4 members (excludes halogenated alkanes) is 3. The lowest BCUT2D eigenvalue weighted by molar-refractivity contribution is -0.121. The number of hydrogen-bond donors (Lipinski definition) is 2. The number of rotatable bonds is 8. The minimum atomic E-state index is 0.239. The lowest BCUT2D eigenvalue weighted by Crippen LogP contribution is -2.37. The van der Waals surface area contributed by atoms with Crippen molar-refractivity contribution in [3.05, 3.63) is 0 Å². The fraction of sp³-hybridized carbons (Fsp3) is 0.933. The SMILES string of the molecule is CC1CC(NC(=O)CCCCCCN)CN1C1CC1. The maximum absolute atomic E-state index is 11.9. The Morgan fingerprint density at radius 3 is 2.68 bits per heavy atom. The molecule has 2 aliphatic rings. The first-order chi connectivity index (χ1) is 9.20. The van der Waals surface area contributed by atoms with Crippen LogP contribution in [0.3, 0.4) is 0 Å². The normalized spacial score (nSPS) is 27.7. The second-order valence-corrected chi connectivity index (χ2v) is 6.23. The molecular weight excluding hydrogens is 238 g/mol. The molecule has 1 saturated heterocycles. The monoisotopic (exact) mass is 267 g/mol. The number of likely N-dealkylation sites (tertiary alicyclic amines) is 1. The Kier molecular flexibility index (Phi) is 5.64. The van der Waals surface area contributed by atoms with Crippen LogP contribution in [0.25, 0.3) is 0 Å². The van der Waals surface area contributed by atoms with Gasteiger partial charge in [0.15, 0.2) is 0 Å². The van der Waals surface area contributed by atoms with Gasteiger partial charge in [-0.3, -0.25) is 9.69 Å². The van der Waals surface area contributed by atoms with Crippen molar-refractivity contribution in [1.29, 1.82) is 0 Å². The Morgan fingerprint density at radius 2 is 2.00 bits per heavy atom. The Bertz CT molecular complexity index is 291. The summed E-state index contributed by atoms with van der Waals surface area (Å²) in [7, 11) is 0. The molecule has 4 heteroatoms. The molecule has 0 spiro atoms. The van der Waals surface area contributed by atoms with E-state index in [2.05, 4.69) is 17.1 Å². The molecule has 1 aliphatic carbocycles. The molecule has 1 aliphatic heterocycles. The smallest absolute Gasteiger partial charge is 0.220 e. The van der Waals surface area contributed by atoms with E-state index in [9.17, 15) is 4.79 Å². The number of nitrogens with one attached hydrogen (secondary N) is 1. The van der Waals surface area contributed by atoms with Crippen LogP contribution in [0, 0.1) is 0 Å². The molecule has 2 unspecified atom stereocenters. The van der Waals surface area contributed by atoms with Crippen LogP contribution in [-0.4, -0.2) is 42.0 Å². The number of nitrogens with two attached hydrogens (primary N) is 1. The van der Waals surface area contributed by atoms with Gasteiger partial charge in [-0.15, -0.1) is 0 Å². The van der Waals surface area contributed by atoms with Gasteiger partial charge in [0, 0.05) is 31.1 Å². The van der Waals surface area contributed by atoms with Crippen LogP contribution in [0.2, 0.25) is 0 Å². The molecule has 0 aromatic heterocycles. The van der Waals surface area contributed by atoms with E-state index in [0.29, 0.717) is 18.5 Å². The highest BCUT2D eigenvalue weighted by Crippen LogP contribution is 2.33. The van der Waals surface area contributed by atoms with Crippen molar-refractivity contribution in [2.24, 2.45) is 5.73 Å². The van der Waals surface area contributed by atoms with Gasteiger partial charge in [0.2, 0.25) is 5.91 Å². The van der Waals surface area contributed by atoms with Gasteiger partial charge >= 0.3 is 0 Å². The van der Waals surface area contributed by atoms with Crippen LogP contribution < -0.4 is 11.1 Å². The zero-order chi connectivity index (χ0) is 13.7. The molecule has 19 heavy (non-hydrogen) atoms. The minimum absolute atomic E-state index is 0.239. The minimum Gasteiger partial charge on any atom is -0.352 e. The summed E-state index contributed by atoms with van der Waals surface area (Å²) in [5, 5.41) is 3.21. The Hall–Kier alpha value is -0.610. The van der Waals surface area contributed by atoms with Crippen molar-refractivity contribution in [3.8, 4) is 0 Å². The number of hydrogen-bond acceptors (Lipinski definition) is 3. The van der Waals surface area contributed by atoms with Crippen molar-refractivity contribution in [1.82, 2.24) is 10.2 Å². The average Bonchev–Trinajstić information content (AvgIpc) is 3.14. The van der Waals surface area contributed by atoms with E-state index < -0.39 is 0 Å². The summed E-state index contributed by atoms with van der Waals surface area (Å²) in [4.78, 5) is 14.5. The first-order valence-corrected chi connectivity index (χ1v) is 7.96. The molecule has 2 atom stereocenters. The maximum Gasteiger partial charge on any atom is 0.220 e. The second-order valence-electron chi connectivity index (χ2n) is 6.23. The number of carbonyl (C=O) groups excluding carboxylic acids is 1. The van der Waals surface area contributed by atoms with Crippen LogP contribution in [0.15, 0.2) is 0 Å². The van der Waals surface area contributed by atoms with E-state index in [4.69, 9.17) is 5.73 Å². The van der Waals surface area contributed by atoms with Crippen molar-refractivity contribution in [2.45, 2.75) is 76.4 Å². The predicted octanol–water partition coefficient (Wildman–Crippen LogP) is 1.64. The predicted molar refractivity (Wildman–Crippen MR) is 77.9 cm³/mol. The lowest BCUT2D eigenvalue weighted by Gasteiger charge is -2.19. The molecule has 2 rings (SSSR count). The molecule has 3 N–H and O–H groups in total. The van der Waals surface area contributed by atoms with Gasteiger partial charge in [-0.05, 0) is 45.6 Å². The molecule has 1 heterocycles.